The van der Waals surface area contributed by atoms with Crippen molar-refractivity contribution >= 4 is 39.8 Å². The molecule has 0 aliphatic heterocycles. The van der Waals surface area contributed by atoms with Crippen LogP contribution in [0.25, 0.3) is 0 Å². The van der Waals surface area contributed by atoms with Crippen molar-refractivity contribution in [3.8, 4) is 5.75 Å². The van der Waals surface area contributed by atoms with E-state index >= 15 is 0 Å². The summed E-state index contributed by atoms with van der Waals surface area (Å²) in [4.78, 5) is 4.58. The number of alkyl halides is 2. The molecule has 0 spiro atoms. The van der Waals surface area contributed by atoms with Crippen LogP contribution in [0.15, 0.2) is 64.5 Å². The molecule has 2 rings (SSSR count). The van der Waals surface area contributed by atoms with Crippen LogP contribution in [0.4, 0.5) is 8.78 Å². The lowest BCUT2D eigenvalue weighted by atomic mass is 10.2. The molecule has 2 aromatic carbocycles. The topological polar surface area (TPSA) is 79.8 Å². The maximum Gasteiger partial charge on any atom is 0.387 e. The molecule has 0 heterocycles. The highest BCUT2D eigenvalue weighted by atomic mass is 127. The highest BCUT2D eigenvalue weighted by Gasteiger charge is 2.14. The van der Waals surface area contributed by atoms with Crippen molar-refractivity contribution in [1.29, 1.82) is 0 Å². The maximum absolute atomic E-state index is 12.5. The standard InChI is InChI=1S/C19H23F2N3O3S.HI/c1-2-22-19(23-12-13-28(25,26)16-9-4-3-5-10-16)24-14-15-8-6-7-11-17(15)27-18(20)21;/h3-11,18H,2,12-14H2,1H3,(H2,22,23,24);1H. The number of benzene rings is 2. The second-order valence-electron chi connectivity index (χ2n) is 5.74. The van der Waals surface area contributed by atoms with E-state index in [0.717, 1.165) is 0 Å². The van der Waals surface area contributed by atoms with E-state index < -0.39 is 16.4 Å². The number of rotatable bonds is 9. The van der Waals surface area contributed by atoms with Gasteiger partial charge in [-0.15, -0.1) is 24.0 Å². The summed E-state index contributed by atoms with van der Waals surface area (Å²) in [7, 11) is -3.41. The van der Waals surface area contributed by atoms with Gasteiger partial charge in [-0.3, -0.25) is 0 Å². The van der Waals surface area contributed by atoms with E-state index in [-0.39, 0.29) is 53.5 Å². The zero-order valence-electron chi connectivity index (χ0n) is 15.8. The van der Waals surface area contributed by atoms with Crippen molar-refractivity contribution in [2.24, 2.45) is 4.99 Å². The van der Waals surface area contributed by atoms with Gasteiger partial charge in [-0.25, -0.2) is 13.4 Å². The van der Waals surface area contributed by atoms with Gasteiger partial charge in [0, 0.05) is 18.7 Å². The lowest BCUT2D eigenvalue weighted by molar-refractivity contribution is -0.0504. The Labute approximate surface area is 186 Å². The second kappa shape index (κ2) is 12.6. The molecule has 0 saturated carbocycles. The van der Waals surface area contributed by atoms with Crippen LogP contribution in [0.5, 0.6) is 5.75 Å². The SMILES string of the molecule is CCNC(=NCc1ccccc1OC(F)F)NCCS(=O)(=O)c1ccccc1.I. The molecule has 29 heavy (non-hydrogen) atoms. The molecule has 2 N–H and O–H groups in total. The summed E-state index contributed by atoms with van der Waals surface area (Å²) in [6.07, 6.45) is 0. The van der Waals surface area contributed by atoms with Crippen LogP contribution in [0.3, 0.4) is 0 Å². The molecule has 0 amide bonds. The van der Waals surface area contributed by atoms with Gasteiger partial charge in [0.2, 0.25) is 0 Å². The highest BCUT2D eigenvalue weighted by molar-refractivity contribution is 14.0. The zero-order chi connectivity index (χ0) is 20.4. The normalized spacial score (nSPS) is 11.7. The van der Waals surface area contributed by atoms with E-state index in [0.29, 0.717) is 18.1 Å². The molecular weight excluding hydrogens is 515 g/mol. The fourth-order valence-electron chi connectivity index (χ4n) is 2.40. The average molecular weight is 539 g/mol. The number of para-hydroxylation sites is 1. The summed E-state index contributed by atoms with van der Waals surface area (Å²) in [6.45, 7) is -0.236. The first kappa shape index (κ1) is 25.1. The Hall–Kier alpha value is -1.95. The lowest BCUT2D eigenvalue weighted by Crippen LogP contribution is -2.39. The summed E-state index contributed by atoms with van der Waals surface area (Å²) >= 11 is 0. The van der Waals surface area contributed by atoms with Crippen LogP contribution in [0, 0.1) is 0 Å². The highest BCUT2D eigenvalue weighted by Crippen LogP contribution is 2.20. The van der Waals surface area contributed by atoms with E-state index in [1.54, 1.807) is 48.5 Å². The molecule has 0 aromatic heterocycles. The van der Waals surface area contributed by atoms with Gasteiger partial charge in [0.05, 0.1) is 17.2 Å². The number of ether oxygens (including phenoxy) is 1. The van der Waals surface area contributed by atoms with Gasteiger partial charge in [0.1, 0.15) is 5.75 Å². The molecule has 0 atom stereocenters. The molecule has 0 radical (unpaired) electrons. The van der Waals surface area contributed by atoms with E-state index in [1.165, 1.54) is 6.07 Å². The predicted octanol–water partition coefficient (Wildman–Crippen LogP) is 3.44. The van der Waals surface area contributed by atoms with Gasteiger partial charge < -0.3 is 15.4 Å². The first-order valence-electron chi connectivity index (χ1n) is 8.75. The Morgan fingerprint density at radius 2 is 1.72 bits per heavy atom. The number of hydrogen-bond acceptors (Lipinski definition) is 4. The quantitative estimate of drug-likeness (QED) is 0.290. The largest absolute Gasteiger partial charge is 0.434 e. The Balaban J connectivity index is 0.00000420. The minimum absolute atomic E-state index is 0. The van der Waals surface area contributed by atoms with Crippen LogP contribution in [0.1, 0.15) is 12.5 Å². The number of nitrogens with zero attached hydrogens (tertiary/aromatic N) is 1. The van der Waals surface area contributed by atoms with Crippen LogP contribution in [-0.4, -0.2) is 39.8 Å². The Bertz CT molecular complexity index is 881. The molecule has 0 bridgehead atoms. The maximum atomic E-state index is 12.5. The summed E-state index contributed by atoms with van der Waals surface area (Å²) < 4.78 is 54.1. The molecule has 0 unspecified atom stereocenters. The third kappa shape index (κ3) is 8.52. The van der Waals surface area contributed by atoms with E-state index in [2.05, 4.69) is 20.4 Å². The second-order valence-corrected chi connectivity index (χ2v) is 7.85. The van der Waals surface area contributed by atoms with Crippen molar-refractivity contribution in [3.63, 3.8) is 0 Å². The summed E-state index contributed by atoms with van der Waals surface area (Å²) in [5, 5.41) is 5.94. The minimum Gasteiger partial charge on any atom is -0.434 e. The fourth-order valence-corrected chi connectivity index (χ4v) is 3.58. The van der Waals surface area contributed by atoms with Crippen molar-refractivity contribution in [3.05, 3.63) is 60.2 Å². The molecule has 0 fully saturated rings. The van der Waals surface area contributed by atoms with E-state index in [9.17, 15) is 17.2 Å². The molecule has 0 aliphatic rings. The Kier molecular flexibility index (Phi) is 10.9. The molecule has 0 aliphatic carbocycles. The van der Waals surface area contributed by atoms with Gasteiger partial charge in [0.25, 0.3) is 0 Å². The third-order valence-corrected chi connectivity index (χ3v) is 5.44. The first-order chi connectivity index (χ1) is 13.4. The van der Waals surface area contributed by atoms with Crippen LogP contribution in [0.2, 0.25) is 0 Å². The Morgan fingerprint density at radius 3 is 2.38 bits per heavy atom. The van der Waals surface area contributed by atoms with E-state index in [1.807, 2.05) is 6.92 Å². The lowest BCUT2D eigenvalue weighted by Gasteiger charge is -2.13. The summed E-state index contributed by atoms with van der Waals surface area (Å²) in [5.41, 5.74) is 0.497. The van der Waals surface area contributed by atoms with Crippen LogP contribution >= 0.6 is 24.0 Å². The van der Waals surface area contributed by atoms with Gasteiger partial charge in [-0.05, 0) is 25.1 Å². The smallest absolute Gasteiger partial charge is 0.387 e. The van der Waals surface area contributed by atoms with Crippen molar-refractivity contribution in [2.45, 2.75) is 25.0 Å². The van der Waals surface area contributed by atoms with Crippen molar-refractivity contribution in [2.75, 3.05) is 18.8 Å². The molecular formula is C19H24F2IN3O3S. The van der Waals surface area contributed by atoms with Crippen molar-refractivity contribution < 1.29 is 21.9 Å². The number of sulfone groups is 1. The van der Waals surface area contributed by atoms with Gasteiger partial charge >= 0.3 is 6.61 Å². The van der Waals surface area contributed by atoms with Crippen molar-refractivity contribution in [1.82, 2.24) is 10.6 Å². The molecule has 0 saturated heterocycles. The number of aliphatic imine (C=N–C) groups is 1. The molecule has 10 heteroatoms. The van der Waals surface area contributed by atoms with Gasteiger partial charge in [-0.1, -0.05) is 36.4 Å². The van der Waals surface area contributed by atoms with Crippen LogP contribution < -0.4 is 15.4 Å². The molecule has 2 aromatic rings. The first-order valence-corrected chi connectivity index (χ1v) is 10.4. The monoisotopic (exact) mass is 539 g/mol. The van der Waals surface area contributed by atoms with Crippen LogP contribution in [-0.2, 0) is 16.4 Å². The summed E-state index contributed by atoms with van der Waals surface area (Å²) in [5.74, 6) is 0.341. The number of nitrogens with one attached hydrogen (secondary N) is 2. The van der Waals surface area contributed by atoms with E-state index in [4.69, 9.17) is 0 Å². The molecule has 160 valence electrons. The minimum atomic E-state index is -3.41. The predicted molar refractivity (Wildman–Crippen MR) is 120 cm³/mol. The number of hydrogen-bond donors (Lipinski definition) is 2. The molecule has 6 nitrogen and oxygen atoms in total. The van der Waals surface area contributed by atoms with Gasteiger partial charge in [0.15, 0.2) is 15.8 Å². The third-order valence-electron chi connectivity index (χ3n) is 3.71. The summed E-state index contributed by atoms with van der Waals surface area (Å²) in [6, 6.07) is 14.6. The number of halogens is 3. The van der Waals surface area contributed by atoms with Gasteiger partial charge in [-0.2, -0.15) is 8.78 Å². The number of guanidine groups is 1. The fraction of sp³-hybridized carbons (Fsp3) is 0.316. The zero-order valence-corrected chi connectivity index (χ0v) is 19.0. The Morgan fingerprint density at radius 1 is 1.07 bits per heavy atom. The average Bonchev–Trinajstić information content (AvgIpc) is 2.67.